The van der Waals surface area contributed by atoms with Crippen LogP contribution in [0.2, 0.25) is 0 Å². The Balaban J connectivity index is 2.08. The zero-order valence-corrected chi connectivity index (χ0v) is 24.5. The van der Waals surface area contributed by atoms with Gasteiger partial charge in [0.25, 0.3) is 0 Å². The average Bonchev–Trinajstić information content (AvgIpc) is 2.92. The molecule has 0 spiro atoms. The van der Waals surface area contributed by atoms with E-state index < -0.39 is 20.9 Å². The van der Waals surface area contributed by atoms with Crippen LogP contribution in [0.5, 0.6) is 23.0 Å². The van der Waals surface area contributed by atoms with E-state index >= 15 is 0 Å². The first-order chi connectivity index (χ1) is 18.0. The summed E-state index contributed by atoms with van der Waals surface area (Å²) in [7, 11) is 1.90. The molecule has 12 heteroatoms. The summed E-state index contributed by atoms with van der Waals surface area (Å²) in [5.41, 5.74) is -0.682. The van der Waals surface area contributed by atoms with Crippen molar-refractivity contribution in [2.24, 2.45) is 0 Å². The van der Waals surface area contributed by atoms with Crippen molar-refractivity contribution in [2.45, 2.75) is 37.8 Å². The normalized spacial score (nSPS) is 14.0. The Hall–Kier alpha value is -2.93. The van der Waals surface area contributed by atoms with Crippen molar-refractivity contribution in [2.75, 3.05) is 28.4 Å². The van der Waals surface area contributed by atoms with E-state index in [4.69, 9.17) is 18.9 Å². The van der Waals surface area contributed by atoms with E-state index in [0.717, 1.165) is 0 Å². The van der Waals surface area contributed by atoms with Crippen LogP contribution in [0.3, 0.4) is 0 Å². The Bertz CT molecular complexity index is 1290. The highest BCUT2D eigenvalue weighted by molar-refractivity contribution is 9.10. The van der Waals surface area contributed by atoms with E-state index in [1.807, 2.05) is 0 Å². The Kier molecular flexibility index (Phi) is 9.58. The minimum Gasteiger partial charge on any atom is -0.497 e. The van der Waals surface area contributed by atoms with Crippen LogP contribution in [0.1, 0.15) is 30.8 Å². The molecule has 1 N–H and O–H groups in total. The minimum atomic E-state index is -4.18. The summed E-state index contributed by atoms with van der Waals surface area (Å²) in [6, 6.07) is 10.3. The summed E-state index contributed by atoms with van der Waals surface area (Å²) < 4.78 is 51.8. The lowest BCUT2D eigenvalue weighted by molar-refractivity contribution is 0.0450. The second-order valence-electron chi connectivity index (χ2n) is 8.68. The fourth-order valence-electron chi connectivity index (χ4n) is 3.85. The lowest BCUT2D eigenvalue weighted by atomic mass is 10.0. The number of nitrogens with zero attached hydrogens (tertiary/aromatic N) is 3. The van der Waals surface area contributed by atoms with Gasteiger partial charge >= 0.3 is 0 Å². The third kappa shape index (κ3) is 6.37. The SMILES string of the molecule is COc1ccc(CN(Cc2ccc(OC)cc2OC)S(=O)(=O)[C@H](C)[C@](C)(O)c2ncc(Br)cn2)c(OC)c1. The molecule has 1 aromatic heterocycles. The van der Waals surface area contributed by atoms with Crippen molar-refractivity contribution < 1.29 is 32.5 Å². The molecular weight excluding hydrogens is 578 g/mol. The van der Waals surface area contributed by atoms with Crippen molar-refractivity contribution in [3.63, 3.8) is 0 Å². The quantitative estimate of drug-likeness (QED) is 0.326. The molecule has 206 valence electrons. The van der Waals surface area contributed by atoms with Crippen LogP contribution in [0, 0.1) is 0 Å². The number of benzene rings is 2. The maximum absolute atomic E-state index is 14.1. The zero-order chi connectivity index (χ0) is 28.1. The van der Waals surface area contributed by atoms with Gasteiger partial charge in [0, 0.05) is 48.7 Å². The zero-order valence-electron chi connectivity index (χ0n) is 22.1. The molecule has 0 aliphatic heterocycles. The van der Waals surface area contributed by atoms with Gasteiger partial charge in [0.15, 0.2) is 5.82 Å². The van der Waals surface area contributed by atoms with Gasteiger partial charge in [-0.05, 0) is 41.9 Å². The van der Waals surface area contributed by atoms with Gasteiger partial charge in [0.2, 0.25) is 10.0 Å². The molecule has 3 rings (SSSR count). The van der Waals surface area contributed by atoms with Gasteiger partial charge in [-0.15, -0.1) is 0 Å². The van der Waals surface area contributed by atoms with Gasteiger partial charge < -0.3 is 24.1 Å². The topological polar surface area (TPSA) is 120 Å². The van der Waals surface area contributed by atoms with Crippen LogP contribution < -0.4 is 18.9 Å². The van der Waals surface area contributed by atoms with E-state index in [0.29, 0.717) is 38.6 Å². The predicted molar refractivity (Wildman–Crippen MR) is 146 cm³/mol. The lowest BCUT2D eigenvalue weighted by Crippen LogP contribution is -2.47. The molecule has 0 bridgehead atoms. The van der Waals surface area contributed by atoms with E-state index in [-0.39, 0.29) is 18.9 Å². The fraction of sp³-hybridized carbons (Fsp3) is 0.385. The third-order valence-corrected chi connectivity index (χ3v) is 9.09. The molecule has 0 amide bonds. The Labute approximate surface area is 231 Å². The molecule has 0 radical (unpaired) electrons. The van der Waals surface area contributed by atoms with E-state index in [2.05, 4.69) is 25.9 Å². The number of rotatable bonds is 12. The number of hydrogen-bond donors (Lipinski definition) is 1. The molecule has 0 aliphatic carbocycles. The van der Waals surface area contributed by atoms with Crippen molar-refractivity contribution in [1.82, 2.24) is 14.3 Å². The first-order valence-corrected chi connectivity index (χ1v) is 13.9. The number of methoxy groups -OCH3 is 4. The maximum Gasteiger partial charge on any atom is 0.220 e. The van der Waals surface area contributed by atoms with Gasteiger partial charge in [-0.25, -0.2) is 18.4 Å². The number of halogens is 1. The smallest absolute Gasteiger partial charge is 0.220 e. The second-order valence-corrected chi connectivity index (χ2v) is 11.9. The third-order valence-electron chi connectivity index (χ3n) is 6.35. The van der Waals surface area contributed by atoms with Crippen molar-refractivity contribution in [1.29, 1.82) is 0 Å². The molecule has 0 saturated carbocycles. The van der Waals surface area contributed by atoms with Gasteiger partial charge in [-0.2, -0.15) is 4.31 Å². The molecule has 3 aromatic rings. The van der Waals surface area contributed by atoms with Crippen LogP contribution in [0.15, 0.2) is 53.3 Å². The minimum absolute atomic E-state index is 0.0132. The summed E-state index contributed by atoms with van der Waals surface area (Å²) in [6.45, 7) is 2.72. The van der Waals surface area contributed by atoms with Gasteiger partial charge in [-0.3, -0.25) is 0 Å². The van der Waals surface area contributed by atoms with E-state index in [1.165, 1.54) is 59.0 Å². The summed E-state index contributed by atoms with van der Waals surface area (Å²) in [4.78, 5) is 8.29. The van der Waals surface area contributed by atoms with Crippen LogP contribution in [0.25, 0.3) is 0 Å². The average molecular weight is 611 g/mol. The highest BCUT2D eigenvalue weighted by Crippen LogP contribution is 2.34. The monoisotopic (exact) mass is 609 g/mol. The van der Waals surface area contributed by atoms with E-state index in [1.54, 1.807) is 36.4 Å². The Morgan fingerprint density at radius 2 is 1.34 bits per heavy atom. The molecule has 1 heterocycles. The Morgan fingerprint density at radius 3 is 1.74 bits per heavy atom. The number of ether oxygens (including phenoxy) is 4. The molecule has 2 atom stereocenters. The van der Waals surface area contributed by atoms with Crippen LogP contribution in [0.4, 0.5) is 0 Å². The standard InChI is InChI=1S/C26H32BrN3O7S/c1-17(26(2,31)25-28-13-20(27)14-29-25)38(32,33)30(15-18-7-9-21(34-3)11-23(18)36-5)16-19-8-10-22(35-4)12-24(19)37-6/h7-14,17,31H,15-16H2,1-6H3/t17-,26+/m1/s1. The highest BCUT2D eigenvalue weighted by Gasteiger charge is 2.44. The maximum atomic E-state index is 14.1. The van der Waals surface area contributed by atoms with E-state index in [9.17, 15) is 13.5 Å². The van der Waals surface area contributed by atoms with Crippen LogP contribution >= 0.6 is 15.9 Å². The second kappa shape index (κ2) is 12.3. The summed E-state index contributed by atoms with van der Waals surface area (Å²) in [5.74, 6) is 2.05. The molecule has 0 unspecified atom stereocenters. The summed E-state index contributed by atoms with van der Waals surface area (Å²) in [6.07, 6.45) is 2.91. The number of hydrogen-bond acceptors (Lipinski definition) is 9. The fourth-order valence-corrected chi connectivity index (χ4v) is 5.83. The lowest BCUT2D eigenvalue weighted by Gasteiger charge is -2.33. The molecule has 10 nitrogen and oxygen atoms in total. The van der Waals surface area contributed by atoms with Crippen molar-refractivity contribution >= 4 is 26.0 Å². The van der Waals surface area contributed by atoms with Crippen molar-refractivity contribution in [3.05, 3.63) is 70.2 Å². The molecule has 0 fully saturated rings. The largest absolute Gasteiger partial charge is 0.497 e. The van der Waals surface area contributed by atoms with Gasteiger partial charge in [0.05, 0.1) is 32.9 Å². The molecular formula is C26H32BrN3O7S. The van der Waals surface area contributed by atoms with Gasteiger partial charge in [0.1, 0.15) is 33.8 Å². The van der Waals surface area contributed by atoms with Crippen LogP contribution in [-0.4, -0.2) is 61.5 Å². The molecule has 0 aliphatic rings. The first-order valence-electron chi connectivity index (χ1n) is 11.6. The molecule has 2 aromatic carbocycles. The van der Waals surface area contributed by atoms with Crippen molar-refractivity contribution in [3.8, 4) is 23.0 Å². The summed E-state index contributed by atoms with van der Waals surface area (Å²) >= 11 is 3.26. The highest BCUT2D eigenvalue weighted by atomic mass is 79.9. The number of aromatic nitrogens is 2. The molecule has 38 heavy (non-hydrogen) atoms. The molecule has 0 saturated heterocycles. The Morgan fingerprint density at radius 1 is 0.895 bits per heavy atom. The predicted octanol–water partition coefficient (Wildman–Crippen LogP) is 3.90. The van der Waals surface area contributed by atoms with Gasteiger partial charge in [-0.1, -0.05) is 12.1 Å². The number of aliphatic hydroxyl groups is 1. The summed E-state index contributed by atoms with van der Waals surface area (Å²) in [5, 5.41) is 10.1. The first kappa shape index (κ1) is 29.6. The number of sulfonamides is 1. The van der Waals surface area contributed by atoms with Crippen LogP contribution in [-0.2, 0) is 28.7 Å².